The first kappa shape index (κ1) is 32.8. The van der Waals surface area contributed by atoms with Crippen LogP contribution < -0.4 is 19.1 Å². The highest BCUT2D eigenvalue weighted by Crippen LogP contribution is 2.35. The monoisotopic (exact) mass is 615 g/mol. The fourth-order valence-corrected chi connectivity index (χ4v) is 5.82. The summed E-state index contributed by atoms with van der Waals surface area (Å²) in [5, 5.41) is 3.17. The first-order chi connectivity index (χ1) is 19.7. The van der Waals surface area contributed by atoms with Gasteiger partial charge in [-0.05, 0) is 82.6 Å². The lowest BCUT2D eigenvalue weighted by Gasteiger charge is -2.33. The lowest BCUT2D eigenvalue weighted by Crippen LogP contribution is -2.54. The van der Waals surface area contributed by atoms with Crippen molar-refractivity contribution in [3.8, 4) is 11.5 Å². The maximum atomic E-state index is 14.1. The predicted molar refractivity (Wildman–Crippen MR) is 165 cm³/mol. The minimum atomic E-state index is -4.28. The summed E-state index contributed by atoms with van der Waals surface area (Å²) in [4.78, 5) is 28.8. The highest BCUT2D eigenvalue weighted by Gasteiger charge is 2.34. The number of anilines is 1. The number of carbonyl (C=O) groups is 2. The van der Waals surface area contributed by atoms with Crippen molar-refractivity contribution in [2.45, 2.75) is 57.6 Å². The zero-order chi connectivity index (χ0) is 31.2. The Labute approximate surface area is 253 Å². The molecule has 226 valence electrons. The normalized spacial score (nSPS) is 12.3. The van der Waals surface area contributed by atoms with E-state index in [1.54, 1.807) is 49.4 Å². The Morgan fingerprint density at radius 1 is 0.976 bits per heavy atom. The lowest BCUT2D eigenvalue weighted by molar-refractivity contribution is -0.140. The molecule has 0 fully saturated rings. The number of nitrogens with zero attached hydrogens (tertiary/aromatic N) is 2. The number of sulfonamides is 1. The second-order valence-electron chi connectivity index (χ2n) is 10.9. The highest BCUT2D eigenvalue weighted by atomic mass is 35.5. The molecule has 9 nitrogen and oxygen atoms in total. The average molecular weight is 616 g/mol. The van der Waals surface area contributed by atoms with Crippen LogP contribution in [0.25, 0.3) is 0 Å². The van der Waals surface area contributed by atoms with E-state index in [4.69, 9.17) is 21.1 Å². The number of carbonyl (C=O) groups excluding carboxylic acids is 2. The van der Waals surface area contributed by atoms with Crippen LogP contribution in [0.4, 0.5) is 5.69 Å². The fourth-order valence-electron chi connectivity index (χ4n) is 4.23. The summed E-state index contributed by atoms with van der Waals surface area (Å²) >= 11 is 6.29. The van der Waals surface area contributed by atoms with Crippen LogP contribution in [0.15, 0.2) is 71.6 Å². The zero-order valence-corrected chi connectivity index (χ0v) is 26.5. The van der Waals surface area contributed by atoms with Gasteiger partial charge < -0.3 is 19.7 Å². The molecule has 0 aromatic heterocycles. The van der Waals surface area contributed by atoms with Crippen LogP contribution in [-0.4, -0.2) is 57.5 Å². The first-order valence-corrected chi connectivity index (χ1v) is 15.2. The fraction of sp³-hybridized carbons (Fsp3) is 0.355. The third kappa shape index (κ3) is 8.17. The van der Waals surface area contributed by atoms with Gasteiger partial charge in [0.25, 0.3) is 10.0 Å². The summed E-state index contributed by atoms with van der Waals surface area (Å²) in [6.07, 6.45) is 0. The molecule has 0 heterocycles. The van der Waals surface area contributed by atoms with Gasteiger partial charge in [-0.3, -0.25) is 13.9 Å². The maximum Gasteiger partial charge on any atom is 0.264 e. The molecule has 3 aromatic carbocycles. The van der Waals surface area contributed by atoms with Crippen LogP contribution in [0.2, 0.25) is 5.02 Å². The minimum absolute atomic E-state index is 0.0131. The lowest BCUT2D eigenvalue weighted by atomic mass is 10.1. The van der Waals surface area contributed by atoms with E-state index in [0.717, 1.165) is 9.87 Å². The van der Waals surface area contributed by atoms with Gasteiger partial charge in [-0.2, -0.15) is 0 Å². The Hall–Kier alpha value is -3.76. The molecule has 1 N–H and O–H groups in total. The number of nitrogens with one attached hydrogen (secondary N) is 1. The molecule has 3 rings (SSSR count). The second kappa shape index (κ2) is 13.5. The van der Waals surface area contributed by atoms with Crippen LogP contribution in [0.5, 0.6) is 11.5 Å². The topological polar surface area (TPSA) is 105 Å². The number of ether oxygens (including phenoxy) is 2. The van der Waals surface area contributed by atoms with E-state index >= 15 is 0 Å². The molecule has 1 atom stereocenters. The van der Waals surface area contributed by atoms with Crippen LogP contribution in [0, 0.1) is 6.92 Å². The average Bonchev–Trinajstić information content (AvgIpc) is 2.93. The Morgan fingerprint density at radius 3 is 2.24 bits per heavy atom. The van der Waals surface area contributed by atoms with Gasteiger partial charge in [-0.15, -0.1) is 0 Å². The zero-order valence-electron chi connectivity index (χ0n) is 25.0. The number of hydrogen-bond acceptors (Lipinski definition) is 6. The molecule has 11 heteroatoms. The molecule has 0 radical (unpaired) electrons. The molecule has 2 amide bonds. The van der Waals surface area contributed by atoms with Crippen molar-refractivity contribution in [1.82, 2.24) is 10.2 Å². The van der Waals surface area contributed by atoms with Gasteiger partial charge in [0.2, 0.25) is 11.8 Å². The number of halogens is 1. The van der Waals surface area contributed by atoms with Gasteiger partial charge in [-0.25, -0.2) is 8.42 Å². The van der Waals surface area contributed by atoms with Crippen LogP contribution >= 0.6 is 11.6 Å². The number of aryl methyl sites for hydroxylation is 1. The molecule has 0 bridgehead atoms. The number of rotatable bonds is 11. The largest absolute Gasteiger partial charge is 0.497 e. The van der Waals surface area contributed by atoms with Gasteiger partial charge in [0, 0.05) is 17.1 Å². The number of methoxy groups -OCH3 is 2. The van der Waals surface area contributed by atoms with E-state index in [1.165, 1.54) is 43.4 Å². The van der Waals surface area contributed by atoms with Crippen LogP contribution in [0.3, 0.4) is 0 Å². The molecule has 1 unspecified atom stereocenters. The second-order valence-corrected chi connectivity index (χ2v) is 13.2. The molecular formula is C31H38ClN3O6S. The summed E-state index contributed by atoms with van der Waals surface area (Å²) in [5.41, 5.74) is 1.11. The summed E-state index contributed by atoms with van der Waals surface area (Å²) < 4.78 is 39.9. The van der Waals surface area contributed by atoms with Crippen molar-refractivity contribution in [2.24, 2.45) is 0 Å². The van der Waals surface area contributed by atoms with Crippen molar-refractivity contribution >= 4 is 39.1 Å². The Balaban J connectivity index is 2.12. The highest BCUT2D eigenvalue weighted by molar-refractivity contribution is 7.92. The summed E-state index contributed by atoms with van der Waals surface area (Å²) in [6, 6.07) is 17.0. The molecule has 3 aromatic rings. The van der Waals surface area contributed by atoms with Gasteiger partial charge in [-0.1, -0.05) is 41.4 Å². The van der Waals surface area contributed by atoms with E-state index in [2.05, 4.69) is 5.32 Å². The van der Waals surface area contributed by atoms with Gasteiger partial charge in [0.15, 0.2) is 0 Å². The third-order valence-electron chi connectivity index (χ3n) is 6.45. The van der Waals surface area contributed by atoms with Crippen molar-refractivity contribution < 1.29 is 27.5 Å². The van der Waals surface area contributed by atoms with Crippen molar-refractivity contribution in [1.29, 1.82) is 0 Å². The smallest absolute Gasteiger partial charge is 0.264 e. The van der Waals surface area contributed by atoms with Gasteiger partial charge >= 0.3 is 0 Å². The number of benzene rings is 3. The molecule has 0 aliphatic carbocycles. The quantitative estimate of drug-likeness (QED) is 0.318. The molecular weight excluding hydrogens is 578 g/mol. The van der Waals surface area contributed by atoms with E-state index in [1.807, 2.05) is 27.7 Å². The Bertz CT molecular complexity index is 1520. The third-order valence-corrected chi connectivity index (χ3v) is 8.46. The SMILES string of the molecule is COc1cccc(CN(C(=O)CN(c2cc(Cl)ccc2OC)S(=O)(=O)c2ccc(C)cc2)C(C)C(=O)NC(C)(C)C)c1. The molecule has 42 heavy (non-hydrogen) atoms. The summed E-state index contributed by atoms with van der Waals surface area (Å²) in [6.45, 7) is 8.38. The van der Waals surface area contributed by atoms with Crippen LogP contribution in [0.1, 0.15) is 38.8 Å². The first-order valence-electron chi connectivity index (χ1n) is 13.3. The minimum Gasteiger partial charge on any atom is -0.497 e. The van der Waals surface area contributed by atoms with Crippen molar-refractivity contribution in [3.05, 3.63) is 82.9 Å². The molecule has 0 aliphatic heterocycles. The van der Waals surface area contributed by atoms with Crippen LogP contribution in [-0.2, 0) is 26.2 Å². The Morgan fingerprint density at radius 2 is 1.64 bits per heavy atom. The van der Waals surface area contributed by atoms with Crippen molar-refractivity contribution in [3.63, 3.8) is 0 Å². The van der Waals surface area contributed by atoms with Crippen molar-refractivity contribution in [2.75, 3.05) is 25.1 Å². The molecule has 0 spiro atoms. The Kier molecular flexibility index (Phi) is 10.5. The van der Waals surface area contributed by atoms with Gasteiger partial charge in [0.05, 0.1) is 24.8 Å². The van der Waals surface area contributed by atoms with Gasteiger partial charge in [0.1, 0.15) is 24.1 Å². The summed E-state index contributed by atoms with van der Waals surface area (Å²) in [7, 11) is -1.34. The number of amides is 2. The van der Waals surface area contributed by atoms with E-state index < -0.39 is 34.1 Å². The maximum absolute atomic E-state index is 14.1. The summed E-state index contributed by atoms with van der Waals surface area (Å²) in [5.74, 6) is -0.196. The standard InChI is InChI=1S/C31H38ClN3O6S/c1-21-11-14-26(15-12-21)42(38,39)35(27-18-24(32)13-16-28(27)41-7)20-29(36)34(22(2)30(37)33-31(3,4)5)19-23-9-8-10-25(17-23)40-6/h8-18,22H,19-20H2,1-7H3,(H,33,37). The van der Waals surface area contributed by atoms with E-state index in [-0.39, 0.29) is 33.8 Å². The van der Waals surface area contributed by atoms with E-state index in [0.29, 0.717) is 11.3 Å². The molecule has 0 aliphatic rings. The van der Waals surface area contributed by atoms with E-state index in [9.17, 15) is 18.0 Å². The predicted octanol–water partition coefficient (Wildman–Crippen LogP) is 5.19. The molecule has 0 saturated carbocycles. The number of hydrogen-bond donors (Lipinski definition) is 1. The molecule has 0 saturated heterocycles.